The van der Waals surface area contributed by atoms with Gasteiger partial charge in [0.15, 0.2) is 12.6 Å². The van der Waals surface area contributed by atoms with Crippen molar-refractivity contribution in [2.24, 2.45) is 0 Å². The van der Waals surface area contributed by atoms with Gasteiger partial charge >= 0.3 is 0 Å². The molecule has 2 rings (SSSR count). The van der Waals surface area contributed by atoms with E-state index < -0.39 is 13.2 Å². The Hall–Kier alpha value is -1.65. The molecule has 5 nitrogen and oxygen atoms in total. The molecular formula is C25H37O5P. The Morgan fingerprint density at radius 1 is 1.10 bits per heavy atom. The van der Waals surface area contributed by atoms with Crippen LogP contribution in [0.15, 0.2) is 30.3 Å². The third-order valence-corrected chi connectivity index (χ3v) is 7.30. The average Bonchev–Trinajstić information content (AvgIpc) is 2.72. The van der Waals surface area contributed by atoms with Crippen molar-refractivity contribution in [1.29, 1.82) is 0 Å². The first kappa shape index (κ1) is 25.6. The Kier molecular flexibility index (Phi) is 9.32. The van der Waals surface area contributed by atoms with Crippen LogP contribution in [0.1, 0.15) is 72.3 Å². The molecule has 0 aliphatic heterocycles. The third kappa shape index (κ3) is 6.66. The third-order valence-electron chi connectivity index (χ3n) is 5.42. The van der Waals surface area contributed by atoms with Crippen LogP contribution in [-0.4, -0.2) is 32.3 Å². The lowest BCUT2D eigenvalue weighted by atomic mass is 9.92. The van der Waals surface area contributed by atoms with Crippen LogP contribution in [0.2, 0.25) is 0 Å². The highest BCUT2D eigenvalue weighted by atomic mass is 31.2. The maximum atomic E-state index is 12.8. The molecule has 2 aromatic carbocycles. The standard InChI is InChI=1S/C25H37O5P/c1-8-11-30-31(7,27)25(26)21-12-18(4)23(19(5)13-21)15-20-9-10-24(29-16-28-6)22(14-20)17(2)3/h9-10,12-14,17,25-26H,8,11,15-16H2,1-7H3. The normalized spacial score (nSPS) is 14.5. The first-order chi connectivity index (χ1) is 14.6. The maximum absolute atomic E-state index is 12.8. The van der Waals surface area contributed by atoms with Crippen molar-refractivity contribution in [3.05, 3.63) is 63.7 Å². The highest BCUT2D eigenvalue weighted by Gasteiger charge is 2.29. The van der Waals surface area contributed by atoms with Gasteiger partial charge < -0.3 is 19.1 Å². The highest BCUT2D eigenvalue weighted by Crippen LogP contribution is 2.55. The van der Waals surface area contributed by atoms with E-state index in [9.17, 15) is 9.67 Å². The van der Waals surface area contributed by atoms with E-state index in [1.165, 1.54) is 17.8 Å². The lowest BCUT2D eigenvalue weighted by molar-refractivity contribution is 0.0502. The number of aryl methyl sites for hydroxylation is 2. The second-order valence-corrected chi connectivity index (χ2v) is 11.1. The lowest BCUT2D eigenvalue weighted by Gasteiger charge is -2.22. The van der Waals surface area contributed by atoms with Gasteiger partial charge in [0.05, 0.1) is 6.61 Å². The molecule has 0 aliphatic carbocycles. The largest absolute Gasteiger partial charge is 0.467 e. The van der Waals surface area contributed by atoms with Gasteiger partial charge in [-0.3, -0.25) is 4.57 Å². The van der Waals surface area contributed by atoms with Crippen LogP contribution in [0.3, 0.4) is 0 Å². The molecule has 0 saturated carbocycles. The monoisotopic (exact) mass is 448 g/mol. The number of hydrogen-bond donors (Lipinski definition) is 1. The molecule has 0 spiro atoms. The van der Waals surface area contributed by atoms with Crippen molar-refractivity contribution in [3.63, 3.8) is 0 Å². The quantitative estimate of drug-likeness (QED) is 0.322. The second kappa shape index (κ2) is 11.3. The Labute approximate surface area is 187 Å². The van der Waals surface area contributed by atoms with Crippen molar-refractivity contribution in [1.82, 2.24) is 0 Å². The Balaban J connectivity index is 2.31. The second-order valence-electron chi connectivity index (χ2n) is 8.50. The highest BCUT2D eigenvalue weighted by molar-refractivity contribution is 7.58. The minimum atomic E-state index is -3.14. The van der Waals surface area contributed by atoms with Crippen LogP contribution < -0.4 is 4.74 Å². The summed E-state index contributed by atoms with van der Waals surface area (Å²) in [6.07, 6.45) is 1.53. The van der Waals surface area contributed by atoms with Gasteiger partial charge in [0.25, 0.3) is 0 Å². The number of methoxy groups -OCH3 is 1. The van der Waals surface area contributed by atoms with Crippen LogP contribution in [0.25, 0.3) is 0 Å². The molecule has 0 radical (unpaired) electrons. The zero-order valence-electron chi connectivity index (χ0n) is 19.9. The topological polar surface area (TPSA) is 65.0 Å². The molecular weight excluding hydrogens is 411 g/mol. The van der Waals surface area contributed by atoms with E-state index in [1.54, 1.807) is 7.11 Å². The molecule has 0 heterocycles. The van der Waals surface area contributed by atoms with Gasteiger partial charge in [0.1, 0.15) is 5.75 Å². The van der Waals surface area contributed by atoms with Gasteiger partial charge in [-0.2, -0.15) is 0 Å². The van der Waals surface area contributed by atoms with Gasteiger partial charge in [-0.15, -0.1) is 0 Å². The minimum absolute atomic E-state index is 0.227. The zero-order chi connectivity index (χ0) is 23.2. The summed E-state index contributed by atoms with van der Waals surface area (Å²) in [6, 6.07) is 10.1. The molecule has 31 heavy (non-hydrogen) atoms. The number of hydrogen-bond acceptors (Lipinski definition) is 5. The van der Waals surface area contributed by atoms with Crippen molar-refractivity contribution in [2.45, 2.75) is 59.2 Å². The molecule has 6 heteroatoms. The first-order valence-corrected chi connectivity index (χ1v) is 13.0. The molecule has 0 saturated heterocycles. The van der Waals surface area contributed by atoms with Gasteiger partial charge in [-0.05, 0) is 72.1 Å². The number of aliphatic hydroxyl groups is 1. The number of ether oxygens (including phenoxy) is 2. The predicted octanol–water partition coefficient (Wildman–Crippen LogP) is 6.33. The Bertz CT molecular complexity index is 899. The summed E-state index contributed by atoms with van der Waals surface area (Å²) in [5.41, 5.74) is 6.33. The molecule has 2 unspecified atom stereocenters. The van der Waals surface area contributed by atoms with E-state index in [-0.39, 0.29) is 6.79 Å². The average molecular weight is 449 g/mol. The summed E-state index contributed by atoms with van der Waals surface area (Å²) in [5, 5.41) is 10.7. The molecule has 0 amide bonds. The van der Waals surface area contributed by atoms with E-state index in [1.807, 2.05) is 39.0 Å². The molecule has 172 valence electrons. The zero-order valence-corrected chi connectivity index (χ0v) is 20.8. The number of benzene rings is 2. The summed E-state index contributed by atoms with van der Waals surface area (Å²) in [4.78, 5) is 0. The van der Waals surface area contributed by atoms with Crippen LogP contribution in [-0.2, 0) is 20.2 Å². The summed E-state index contributed by atoms with van der Waals surface area (Å²) in [7, 11) is -1.53. The molecule has 0 aromatic heterocycles. The first-order valence-electron chi connectivity index (χ1n) is 10.8. The fourth-order valence-electron chi connectivity index (χ4n) is 3.69. The van der Waals surface area contributed by atoms with Crippen molar-refractivity contribution in [3.8, 4) is 5.75 Å². The summed E-state index contributed by atoms with van der Waals surface area (Å²) >= 11 is 0. The van der Waals surface area contributed by atoms with Crippen LogP contribution in [0.4, 0.5) is 0 Å². The molecule has 0 fully saturated rings. The van der Waals surface area contributed by atoms with Gasteiger partial charge in [0, 0.05) is 13.8 Å². The van der Waals surface area contributed by atoms with Crippen LogP contribution >= 0.6 is 7.37 Å². The number of aliphatic hydroxyl groups excluding tert-OH is 1. The van der Waals surface area contributed by atoms with Gasteiger partial charge in [-0.1, -0.05) is 45.0 Å². The molecule has 1 N–H and O–H groups in total. The molecule has 2 aromatic rings. The number of rotatable bonds is 11. The van der Waals surface area contributed by atoms with Crippen molar-refractivity contribution in [2.75, 3.05) is 27.2 Å². The van der Waals surface area contributed by atoms with Crippen molar-refractivity contribution < 1.29 is 23.7 Å². The van der Waals surface area contributed by atoms with E-state index in [0.29, 0.717) is 18.1 Å². The fourth-order valence-corrected chi connectivity index (χ4v) is 5.06. The van der Waals surface area contributed by atoms with Crippen LogP contribution in [0.5, 0.6) is 5.75 Å². The van der Waals surface area contributed by atoms with E-state index >= 15 is 0 Å². The minimum Gasteiger partial charge on any atom is -0.467 e. The Morgan fingerprint density at radius 2 is 1.74 bits per heavy atom. The van der Waals surface area contributed by atoms with Gasteiger partial charge in [0.2, 0.25) is 7.37 Å². The van der Waals surface area contributed by atoms with Crippen LogP contribution in [0, 0.1) is 13.8 Å². The molecule has 0 aliphatic rings. The van der Waals surface area contributed by atoms with Crippen molar-refractivity contribution >= 4 is 7.37 Å². The Morgan fingerprint density at radius 3 is 2.29 bits per heavy atom. The van der Waals surface area contributed by atoms with E-state index in [4.69, 9.17) is 14.0 Å². The molecule has 0 bridgehead atoms. The van der Waals surface area contributed by atoms with E-state index in [0.717, 1.165) is 35.3 Å². The maximum Gasteiger partial charge on any atom is 0.232 e. The van der Waals surface area contributed by atoms with E-state index in [2.05, 4.69) is 26.0 Å². The summed E-state index contributed by atoms with van der Waals surface area (Å²) in [5.74, 6) is 0.0573. The summed E-state index contributed by atoms with van der Waals surface area (Å²) in [6.45, 7) is 12.4. The fraction of sp³-hybridized carbons (Fsp3) is 0.520. The SMILES string of the molecule is CCCOP(C)(=O)C(O)c1cc(C)c(Cc2ccc(OCOC)c(C(C)C)c2)c(C)c1. The predicted molar refractivity (Wildman–Crippen MR) is 126 cm³/mol. The van der Waals surface area contributed by atoms with Gasteiger partial charge in [-0.25, -0.2) is 0 Å². The smallest absolute Gasteiger partial charge is 0.232 e. The molecule has 2 atom stereocenters. The lowest BCUT2D eigenvalue weighted by Crippen LogP contribution is -2.06. The summed E-state index contributed by atoms with van der Waals surface area (Å²) < 4.78 is 29.0.